The molecule has 0 N–H and O–H groups in total. The number of nitriles is 1. The molecule has 0 spiro atoms. The summed E-state index contributed by atoms with van der Waals surface area (Å²) < 4.78 is 0. The van der Waals surface area contributed by atoms with Crippen molar-refractivity contribution in [2.45, 2.75) is 25.4 Å². The van der Waals surface area contributed by atoms with Crippen LogP contribution in [0.2, 0.25) is 5.02 Å². The van der Waals surface area contributed by atoms with Crippen LogP contribution >= 0.6 is 11.6 Å². The van der Waals surface area contributed by atoms with E-state index in [0.29, 0.717) is 16.6 Å². The maximum atomic E-state index is 8.83. The lowest BCUT2D eigenvalue weighted by molar-refractivity contribution is 0.140. The fourth-order valence-electron chi connectivity index (χ4n) is 2.58. The molecule has 0 saturated carbocycles. The molecule has 0 aromatic heterocycles. The van der Waals surface area contributed by atoms with Crippen LogP contribution in [0.1, 0.15) is 24.0 Å². The third kappa shape index (κ3) is 3.70. The molecule has 1 fully saturated rings. The molecule has 1 heterocycles. The van der Waals surface area contributed by atoms with Crippen LogP contribution in [-0.2, 0) is 6.54 Å². The normalized spacial score (nSPS) is 17.6. The topological polar surface area (TPSA) is 30.3 Å². The van der Waals surface area contributed by atoms with Crippen molar-refractivity contribution in [2.75, 3.05) is 27.2 Å². The predicted octanol–water partition coefficient (Wildman–Crippen LogP) is 2.74. The Morgan fingerprint density at radius 2 is 2.05 bits per heavy atom. The van der Waals surface area contributed by atoms with Crippen LogP contribution in [0.5, 0.6) is 0 Å². The lowest BCUT2D eigenvalue weighted by Crippen LogP contribution is -2.41. The van der Waals surface area contributed by atoms with Gasteiger partial charge in [-0.3, -0.25) is 4.90 Å². The molecule has 2 rings (SSSR count). The molecule has 0 bridgehead atoms. The van der Waals surface area contributed by atoms with E-state index in [1.807, 2.05) is 12.1 Å². The van der Waals surface area contributed by atoms with E-state index in [1.165, 1.54) is 12.8 Å². The summed E-state index contributed by atoms with van der Waals surface area (Å²) in [6, 6.07) is 8.38. The van der Waals surface area contributed by atoms with Gasteiger partial charge in [0.05, 0.1) is 11.6 Å². The highest BCUT2D eigenvalue weighted by Crippen LogP contribution is 2.22. The predicted molar refractivity (Wildman–Crippen MR) is 78.2 cm³/mol. The summed E-state index contributed by atoms with van der Waals surface area (Å²) in [6.45, 7) is 3.10. The summed E-state index contributed by atoms with van der Waals surface area (Å²) in [7, 11) is 4.30. The Balaban J connectivity index is 1.94. The van der Waals surface area contributed by atoms with E-state index < -0.39 is 0 Å². The van der Waals surface area contributed by atoms with E-state index >= 15 is 0 Å². The zero-order valence-corrected chi connectivity index (χ0v) is 12.3. The minimum absolute atomic E-state index is 0.625. The van der Waals surface area contributed by atoms with Gasteiger partial charge in [0.15, 0.2) is 0 Å². The Labute approximate surface area is 120 Å². The number of piperidine rings is 1. The van der Waals surface area contributed by atoms with Crippen LogP contribution in [0.4, 0.5) is 0 Å². The quantitative estimate of drug-likeness (QED) is 0.851. The van der Waals surface area contributed by atoms with Gasteiger partial charge < -0.3 is 4.90 Å². The highest BCUT2D eigenvalue weighted by atomic mass is 35.5. The monoisotopic (exact) mass is 277 g/mol. The highest BCUT2D eigenvalue weighted by Gasteiger charge is 2.20. The van der Waals surface area contributed by atoms with Crippen LogP contribution in [0, 0.1) is 11.3 Å². The largest absolute Gasteiger partial charge is 0.306 e. The molecule has 1 aromatic carbocycles. The zero-order chi connectivity index (χ0) is 13.8. The Kier molecular flexibility index (Phi) is 4.81. The minimum Gasteiger partial charge on any atom is -0.306 e. The van der Waals surface area contributed by atoms with Crippen molar-refractivity contribution in [3.05, 3.63) is 34.3 Å². The molecule has 3 nitrogen and oxygen atoms in total. The summed E-state index contributed by atoms with van der Waals surface area (Å²) in [6.07, 6.45) is 2.42. The van der Waals surface area contributed by atoms with Gasteiger partial charge in [-0.25, -0.2) is 0 Å². The first-order valence-corrected chi connectivity index (χ1v) is 7.05. The first-order valence-electron chi connectivity index (χ1n) is 6.67. The summed E-state index contributed by atoms with van der Waals surface area (Å²) in [5.41, 5.74) is 1.74. The van der Waals surface area contributed by atoms with Crippen molar-refractivity contribution in [3.63, 3.8) is 0 Å². The number of nitrogens with zero attached hydrogens (tertiary/aromatic N) is 3. The van der Waals surface area contributed by atoms with Crippen molar-refractivity contribution in [2.24, 2.45) is 0 Å². The van der Waals surface area contributed by atoms with Crippen molar-refractivity contribution >= 4 is 11.6 Å². The standard InChI is InChI=1S/C15H20ClN3/c1-18(2)14-5-7-19(8-6-14)11-13-4-3-12(10-17)9-15(13)16/h3-4,9,14H,5-8,11H2,1-2H3. The molecule has 0 aliphatic carbocycles. The molecule has 0 atom stereocenters. The number of halogens is 1. The molecule has 1 saturated heterocycles. The van der Waals surface area contributed by atoms with Crippen LogP contribution < -0.4 is 0 Å². The number of rotatable bonds is 3. The van der Waals surface area contributed by atoms with Crippen molar-refractivity contribution < 1.29 is 0 Å². The number of likely N-dealkylation sites (tertiary alicyclic amines) is 1. The molecular formula is C15H20ClN3. The van der Waals surface area contributed by atoms with E-state index in [4.69, 9.17) is 16.9 Å². The molecule has 1 aliphatic heterocycles. The molecule has 0 amide bonds. The average molecular weight is 278 g/mol. The van der Waals surface area contributed by atoms with Crippen LogP contribution in [-0.4, -0.2) is 43.0 Å². The zero-order valence-electron chi connectivity index (χ0n) is 11.6. The van der Waals surface area contributed by atoms with Gasteiger partial charge >= 0.3 is 0 Å². The summed E-state index contributed by atoms with van der Waals surface area (Å²) in [4.78, 5) is 4.75. The lowest BCUT2D eigenvalue weighted by Gasteiger charge is -2.35. The van der Waals surface area contributed by atoms with Gasteiger partial charge in [0.25, 0.3) is 0 Å². The Morgan fingerprint density at radius 1 is 1.37 bits per heavy atom. The summed E-state index contributed by atoms with van der Waals surface area (Å²) >= 11 is 6.22. The van der Waals surface area contributed by atoms with E-state index in [2.05, 4.69) is 30.0 Å². The number of hydrogen-bond acceptors (Lipinski definition) is 3. The van der Waals surface area contributed by atoms with E-state index in [1.54, 1.807) is 6.07 Å². The third-order valence-corrected chi connectivity index (χ3v) is 4.22. The average Bonchev–Trinajstić information content (AvgIpc) is 2.41. The van der Waals surface area contributed by atoms with Gasteiger partial charge in [-0.1, -0.05) is 17.7 Å². The van der Waals surface area contributed by atoms with Gasteiger partial charge in [-0.15, -0.1) is 0 Å². The van der Waals surface area contributed by atoms with Gasteiger partial charge in [0, 0.05) is 17.6 Å². The van der Waals surface area contributed by atoms with Gasteiger partial charge in [-0.05, 0) is 57.7 Å². The van der Waals surface area contributed by atoms with Crippen molar-refractivity contribution in [1.82, 2.24) is 9.80 Å². The fraction of sp³-hybridized carbons (Fsp3) is 0.533. The maximum absolute atomic E-state index is 8.83. The SMILES string of the molecule is CN(C)C1CCN(Cc2ccc(C#N)cc2Cl)CC1. The molecule has 0 unspecified atom stereocenters. The van der Waals surface area contributed by atoms with E-state index in [9.17, 15) is 0 Å². The molecule has 1 aliphatic rings. The second kappa shape index (κ2) is 6.38. The Bertz CT molecular complexity index is 471. The lowest BCUT2D eigenvalue weighted by atomic mass is 10.0. The maximum Gasteiger partial charge on any atom is 0.0992 e. The van der Waals surface area contributed by atoms with Crippen LogP contribution in [0.15, 0.2) is 18.2 Å². The first kappa shape index (κ1) is 14.3. The molecule has 4 heteroatoms. The van der Waals surface area contributed by atoms with Crippen molar-refractivity contribution in [1.29, 1.82) is 5.26 Å². The van der Waals surface area contributed by atoms with E-state index in [0.717, 1.165) is 25.2 Å². The smallest absolute Gasteiger partial charge is 0.0992 e. The Morgan fingerprint density at radius 3 is 2.58 bits per heavy atom. The second-order valence-electron chi connectivity index (χ2n) is 5.39. The van der Waals surface area contributed by atoms with Gasteiger partial charge in [0.2, 0.25) is 0 Å². The second-order valence-corrected chi connectivity index (χ2v) is 5.80. The molecular weight excluding hydrogens is 258 g/mol. The molecule has 1 aromatic rings. The summed E-state index contributed by atoms with van der Waals surface area (Å²) in [5, 5.41) is 9.53. The third-order valence-electron chi connectivity index (χ3n) is 3.86. The molecule has 19 heavy (non-hydrogen) atoms. The first-order chi connectivity index (χ1) is 9.10. The van der Waals surface area contributed by atoms with Gasteiger partial charge in [-0.2, -0.15) is 5.26 Å². The van der Waals surface area contributed by atoms with Crippen molar-refractivity contribution in [3.8, 4) is 6.07 Å². The van der Waals surface area contributed by atoms with Gasteiger partial charge in [0.1, 0.15) is 0 Å². The number of benzene rings is 1. The van der Waals surface area contributed by atoms with Crippen LogP contribution in [0.25, 0.3) is 0 Å². The number of hydrogen-bond donors (Lipinski definition) is 0. The minimum atomic E-state index is 0.625. The Hall–Kier alpha value is -1.08. The highest BCUT2D eigenvalue weighted by molar-refractivity contribution is 6.31. The molecule has 102 valence electrons. The fourth-order valence-corrected chi connectivity index (χ4v) is 2.82. The summed E-state index contributed by atoms with van der Waals surface area (Å²) in [5.74, 6) is 0. The molecule has 0 radical (unpaired) electrons. The van der Waals surface area contributed by atoms with E-state index in [-0.39, 0.29) is 0 Å². The van der Waals surface area contributed by atoms with Crippen LogP contribution in [0.3, 0.4) is 0 Å².